The van der Waals surface area contributed by atoms with Gasteiger partial charge in [0, 0.05) is 25.9 Å². The molecule has 1 rings (SSSR count). The van der Waals surface area contributed by atoms with Crippen LogP contribution in [0.2, 0.25) is 0 Å². The van der Waals surface area contributed by atoms with Gasteiger partial charge in [-0.2, -0.15) is 14.8 Å². The highest BCUT2D eigenvalue weighted by Gasteiger charge is 2.28. The fourth-order valence-electron chi connectivity index (χ4n) is 1.98. The molecule has 0 fully saturated rings. The van der Waals surface area contributed by atoms with E-state index >= 15 is 0 Å². The summed E-state index contributed by atoms with van der Waals surface area (Å²) in [5, 5.41) is 17.3. The molecule has 0 aliphatic heterocycles. The number of nitriles is 2. The van der Waals surface area contributed by atoms with E-state index in [0.717, 1.165) is 4.31 Å². The predicted octanol–water partition coefficient (Wildman–Crippen LogP) is 1.70. The molecule has 112 valence electrons. The predicted molar refractivity (Wildman–Crippen MR) is 79.5 cm³/mol. The molecule has 6 nitrogen and oxygen atoms in total. The van der Waals surface area contributed by atoms with Crippen LogP contribution in [-0.4, -0.2) is 25.8 Å². The van der Waals surface area contributed by atoms with Gasteiger partial charge in [-0.1, -0.05) is 12.1 Å². The van der Waals surface area contributed by atoms with Crippen LogP contribution in [0, 0.1) is 36.5 Å². The summed E-state index contributed by atoms with van der Waals surface area (Å²) < 4.78 is 26.7. The summed E-state index contributed by atoms with van der Waals surface area (Å²) in [6.07, 6.45) is 0.130. The summed E-state index contributed by atoms with van der Waals surface area (Å²) >= 11 is 0. The molecule has 1 aromatic carbocycles. The van der Waals surface area contributed by atoms with E-state index in [0.29, 0.717) is 11.1 Å². The van der Waals surface area contributed by atoms with Gasteiger partial charge >= 0.3 is 0 Å². The van der Waals surface area contributed by atoms with Crippen LogP contribution in [0.1, 0.15) is 24.0 Å². The molecule has 1 aromatic rings. The van der Waals surface area contributed by atoms with Crippen LogP contribution in [0.4, 0.5) is 5.69 Å². The van der Waals surface area contributed by atoms with Gasteiger partial charge in [-0.25, -0.2) is 8.42 Å². The molecule has 0 heterocycles. The van der Waals surface area contributed by atoms with Crippen LogP contribution >= 0.6 is 0 Å². The van der Waals surface area contributed by atoms with Crippen molar-refractivity contribution in [2.45, 2.75) is 31.6 Å². The molecule has 0 aliphatic rings. The Kier molecular flexibility index (Phi) is 5.71. The number of nitrogens with two attached hydrogens (primary N) is 1. The van der Waals surface area contributed by atoms with Gasteiger partial charge in [0.1, 0.15) is 4.90 Å². The van der Waals surface area contributed by atoms with E-state index in [2.05, 4.69) is 0 Å². The van der Waals surface area contributed by atoms with Crippen LogP contribution in [0.25, 0.3) is 0 Å². The van der Waals surface area contributed by atoms with E-state index in [1.54, 1.807) is 26.0 Å². The Hall–Kier alpha value is -2.09. The topological polar surface area (TPSA) is 111 Å². The molecule has 0 aromatic heterocycles. The summed E-state index contributed by atoms with van der Waals surface area (Å²) in [5.41, 5.74) is 7.38. The number of sulfonamides is 1. The van der Waals surface area contributed by atoms with E-state index in [1.165, 1.54) is 0 Å². The largest absolute Gasteiger partial charge is 0.397 e. The van der Waals surface area contributed by atoms with Gasteiger partial charge in [-0.05, 0) is 25.0 Å². The first-order chi connectivity index (χ1) is 9.86. The Morgan fingerprint density at radius 3 is 2.05 bits per heavy atom. The highest BCUT2D eigenvalue weighted by atomic mass is 32.2. The molecule has 0 saturated carbocycles. The average Bonchev–Trinajstić information content (AvgIpc) is 2.43. The number of rotatable bonds is 6. The van der Waals surface area contributed by atoms with Gasteiger partial charge in [-0.15, -0.1) is 0 Å². The minimum Gasteiger partial charge on any atom is -0.397 e. The maximum Gasteiger partial charge on any atom is 0.245 e. The monoisotopic (exact) mass is 306 g/mol. The smallest absolute Gasteiger partial charge is 0.245 e. The lowest BCUT2D eigenvalue weighted by molar-refractivity contribution is 0.425. The minimum absolute atomic E-state index is 0.0489. The van der Waals surface area contributed by atoms with Crippen LogP contribution < -0.4 is 5.73 Å². The third-order valence-electron chi connectivity index (χ3n) is 3.15. The highest BCUT2D eigenvalue weighted by molar-refractivity contribution is 7.89. The Balaban J connectivity index is 3.33. The van der Waals surface area contributed by atoms with Crippen molar-refractivity contribution < 1.29 is 8.42 Å². The Bertz CT molecular complexity index is 681. The first kappa shape index (κ1) is 17.0. The molecular weight excluding hydrogens is 288 g/mol. The molecule has 0 atom stereocenters. The van der Waals surface area contributed by atoms with E-state index < -0.39 is 10.0 Å². The average molecular weight is 306 g/mol. The minimum atomic E-state index is -3.82. The lowest BCUT2D eigenvalue weighted by atomic mass is 10.1. The third-order valence-corrected chi connectivity index (χ3v) is 5.26. The third kappa shape index (κ3) is 3.72. The zero-order valence-electron chi connectivity index (χ0n) is 12.1. The Morgan fingerprint density at radius 1 is 1.10 bits per heavy atom. The number of anilines is 1. The normalized spacial score (nSPS) is 11.1. The van der Waals surface area contributed by atoms with Gasteiger partial charge in [0.05, 0.1) is 17.8 Å². The molecule has 0 unspecified atom stereocenters. The molecule has 7 heteroatoms. The summed E-state index contributed by atoms with van der Waals surface area (Å²) in [6.45, 7) is 3.51. The molecule has 21 heavy (non-hydrogen) atoms. The number of hydrogen-bond acceptors (Lipinski definition) is 5. The first-order valence-electron chi connectivity index (χ1n) is 6.46. The van der Waals surface area contributed by atoms with Gasteiger partial charge in [0.15, 0.2) is 0 Å². The van der Waals surface area contributed by atoms with Crippen molar-refractivity contribution in [3.05, 3.63) is 23.3 Å². The van der Waals surface area contributed by atoms with Crippen molar-refractivity contribution in [2.24, 2.45) is 0 Å². The number of nitrogen functional groups attached to an aromatic ring is 1. The first-order valence-corrected chi connectivity index (χ1v) is 7.90. The molecule has 0 aliphatic carbocycles. The summed E-state index contributed by atoms with van der Waals surface area (Å²) in [4.78, 5) is 0.0679. The molecule has 0 spiro atoms. The van der Waals surface area contributed by atoms with Gasteiger partial charge in [0.25, 0.3) is 0 Å². The van der Waals surface area contributed by atoms with Crippen molar-refractivity contribution in [1.82, 2.24) is 4.31 Å². The molecule has 0 radical (unpaired) electrons. The molecule has 0 bridgehead atoms. The Morgan fingerprint density at radius 2 is 1.57 bits per heavy atom. The van der Waals surface area contributed by atoms with E-state index in [4.69, 9.17) is 16.3 Å². The quantitative estimate of drug-likeness (QED) is 0.804. The highest BCUT2D eigenvalue weighted by Crippen LogP contribution is 2.28. The van der Waals surface area contributed by atoms with E-state index in [9.17, 15) is 8.42 Å². The number of hydrogen-bond donors (Lipinski definition) is 1. The van der Waals surface area contributed by atoms with Gasteiger partial charge < -0.3 is 5.73 Å². The van der Waals surface area contributed by atoms with Gasteiger partial charge in [0.2, 0.25) is 10.0 Å². The fraction of sp³-hybridized carbons (Fsp3) is 0.429. The zero-order chi connectivity index (χ0) is 16.0. The number of nitrogens with zero attached hydrogens (tertiary/aromatic N) is 3. The molecule has 0 amide bonds. The van der Waals surface area contributed by atoms with Crippen molar-refractivity contribution >= 4 is 15.7 Å². The molecular formula is C14H18N4O2S. The second-order valence-electron chi connectivity index (χ2n) is 4.66. The number of benzene rings is 1. The lowest BCUT2D eigenvalue weighted by Crippen LogP contribution is -2.34. The summed E-state index contributed by atoms with van der Waals surface area (Å²) in [5.74, 6) is 0. The summed E-state index contributed by atoms with van der Waals surface area (Å²) in [6, 6.07) is 7.30. The second kappa shape index (κ2) is 7.07. The molecule has 0 saturated heterocycles. The van der Waals surface area contributed by atoms with Crippen LogP contribution in [-0.2, 0) is 10.0 Å². The van der Waals surface area contributed by atoms with Crippen molar-refractivity contribution in [2.75, 3.05) is 18.8 Å². The van der Waals surface area contributed by atoms with Crippen LogP contribution in [0.5, 0.6) is 0 Å². The number of aryl methyl sites for hydroxylation is 2. The summed E-state index contributed by atoms with van der Waals surface area (Å²) in [7, 11) is -3.82. The zero-order valence-corrected chi connectivity index (χ0v) is 12.9. The van der Waals surface area contributed by atoms with Crippen molar-refractivity contribution in [3.63, 3.8) is 0 Å². The van der Waals surface area contributed by atoms with Crippen LogP contribution in [0.3, 0.4) is 0 Å². The van der Waals surface area contributed by atoms with Gasteiger partial charge in [-0.3, -0.25) is 0 Å². The Labute approximate surface area is 125 Å². The fourth-order valence-corrected chi connectivity index (χ4v) is 3.82. The molecule has 2 N–H and O–H groups in total. The second-order valence-corrected chi connectivity index (χ2v) is 6.54. The lowest BCUT2D eigenvalue weighted by Gasteiger charge is -2.22. The maximum atomic E-state index is 12.8. The van der Waals surface area contributed by atoms with Crippen molar-refractivity contribution in [3.8, 4) is 12.1 Å². The van der Waals surface area contributed by atoms with Crippen molar-refractivity contribution in [1.29, 1.82) is 10.5 Å². The standard InChI is InChI=1S/C14H18N4O2S/c1-11-5-6-12(2)14(13(11)17)21(19,20)18(9-3-7-15)10-4-8-16/h5-6H,3-4,9-10,17H2,1-2H3. The van der Waals surface area contributed by atoms with Crippen LogP contribution in [0.15, 0.2) is 17.0 Å². The van der Waals surface area contributed by atoms with E-state index in [-0.39, 0.29) is 36.5 Å². The SMILES string of the molecule is Cc1ccc(C)c(S(=O)(=O)N(CCC#N)CCC#N)c1N. The van der Waals surface area contributed by atoms with E-state index in [1.807, 2.05) is 12.1 Å². The maximum absolute atomic E-state index is 12.8.